The van der Waals surface area contributed by atoms with Crippen molar-refractivity contribution in [3.63, 3.8) is 0 Å². The maximum absolute atomic E-state index is 12.7. The van der Waals surface area contributed by atoms with Crippen LogP contribution in [-0.4, -0.2) is 37.9 Å². The van der Waals surface area contributed by atoms with E-state index in [1.807, 2.05) is 48.5 Å². The van der Waals surface area contributed by atoms with Gasteiger partial charge in [-0.1, -0.05) is 36.4 Å². The highest BCUT2D eigenvalue weighted by Crippen LogP contribution is 2.22. The van der Waals surface area contributed by atoms with Crippen LogP contribution in [-0.2, 0) is 10.0 Å². The molecule has 1 N–H and O–H groups in total. The van der Waals surface area contributed by atoms with Crippen molar-refractivity contribution in [2.24, 2.45) is 5.10 Å². The first-order chi connectivity index (χ1) is 15.5. The average molecular weight is 450 g/mol. The van der Waals surface area contributed by atoms with Crippen LogP contribution in [0.3, 0.4) is 0 Å². The van der Waals surface area contributed by atoms with Gasteiger partial charge in [-0.3, -0.25) is 4.79 Å². The molecule has 0 saturated carbocycles. The molecule has 1 saturated heterocycles. The highest BCUT2D eigenvalue weighted by Gasteiger charge is 2.27. The van der Waals surface area contributed by atoms with Gasteiger partial charge in [0.2, 0.25) is 10.0 Å². The van der Waals surface area contributed by atoms with Gasteiger partial charge in [-0.25, -0.2) is 13.8 Å². The lowest BCUT2D eigenvalue weighted by atomic mass is 10.2. The smallest absolute Gasteiger partial charge is 0.271 e. The maximum atomic E-state index is 12.7. The molecule has 8 heteroatoms. The molecule has 0 aromatic heterocycles. The molecule has 1 aliphatic rings. The minimum atomic E-state index is -3.59. The molecule has 1 amide bonds. The van der Waals surface area contributed by atoms with Crippen LogP contribution >= 0.6 is 0 Å². The molecule has 3 aromatic rings. The van der Waals surface area contributed by atoms with Crippen molar-refractivity contribution < 1.29 is 17.9 Å². The second-order valence-corrected chi connectivity index (χ2v) is 9.26. The van der Waals surface area contributed by atoms with E-state index in [0.717, 1.165) is 24.2 Å². The van der Waals surface area contributed by atoms with Crippen molar-refractivity contribution in [1.82, 2.24) is 9.73 Å². The highest BCUT2D eigenvalue weighted by molar-refractivity contribution is 7.89. The van der Waals surface area contributed by atoms with Gasteiger partial charge in [0.05, 0.1) is 11.1 Å². The molecule has 1 fully saturated rings. The van der Waals surface area contributed by atoms with Crippen molar-refractivity contribution in [3.05, 3.63) is 90.0 Å². The van der Waals surface area contributed by atoms with Crippen LogP contribution in [0.1, 0.15) is 28.8 Å². The molecule has 3 aromatic carbocycles. The van der Waals surface area contributed by atoms with E-state index < -0.39 is 15.9 Å². The summed E-state index contributed by atoms with van der Waals surface area (Å²) in [6.07, 6.45) is 3.21. The van der Waals surface area contributed by atoms with E-state index in [1.54, 1.807) is 18.2 Å². The number of carbonyl (C=O) groups excluding carboxylic acids is 1. The van der Waals surface area contributed by atoms with Crippen LogP contribution in [0.2, 0.25) is 0 Å². The Morgan fingerprint density at radius 3 is 2.41 bits per heavy atom. The summed E-state index contributed by atoms with van der Waals surface area (Å²) in [6, 6.07) is 22.7. The lowest BCUT2D eigenvalue weighted by Gasteiger charge is -2.15. The third kappa shape index (κ3) is 5.22. The number of hydrogen-bond donors (Lipinski definition) is 1. The van der Waals surface area contributed by atoms with Crippen LogP contribution in [0.25, 0.3) is 0 Å². The largest absolute Gasteiger partial charge is 0.457 e. The van der Waals surface area contributed by atoms with Crippen molar-refractivity contribution in [2.45, 2.75) is 17.7 Å². The fourth-order valence-corrected chi connectivity index (χ4v) is 4.95. The third-order valence-electron chi connectivity index (χ3n) is 5.02. The van der Waals surface area contributed by atoms with Gasteiger partial charge >= 0.3 is 0 Å². The monoisotopic (exact) mass is 449 g/mol. The van der Waals surface area contributed by atoms with Crippen LogP contribution in [0.5, 0.6) is 11.5 Å². The minimum Gasteiger partial charge on any atom is -0.457 e. The first-order valence-corrected chi connectivity index (χ1v) is 11.7. The van der Waals surface area contributed by atoms with Crippen LogP contribution in [0.15, 0.2) is 88.9 Å². The highest BCUT2D eigenvalue weighted by atomic mass is 32.2. The van der Waals surface area contributed by atoms with Gasteiger partial charge in [0.1, 0.15) is 11.5 Å². The molecule has 0 spiro atoms. The zero-order chi connectivity index (χ0) is 22.4. The summed E-state index contributed by atoms with van der Waals surface area (Å²) in [6.45, 7) is 1.02. The van der Waals surface area contributed by atoms with Crippen LogP contribution < -0.4 is 10.2 Å². The Bertz CT molecular complexity index is 1220. The van der Waals surface area contributed by atoms with Gasteiger partial charge in [-0.05, 0) is 60.9 Å². The second-order valence-electron chi connectivity index (χ2n) is 7.33. The standard InChI is InChI=1S/C24H23N3O4S/c28-24(20-9-7-13-23(17-20)32(29,30)27-14-4-5-15-27)26-25-18-19-8-6-12-22(16-19)31-21-10-2-1-3-11-21/h1-3,6-13,16-18H,4-5,14-15H2,(H,26,28)/b25-18+. The number of ether oxygens (including phenoxy) is 1. The molecule has 7 nitrogen and oxygen atoms in total. The van der Waals surface area contributed by atoms with E-state index in [-0.39, 0.29) is 10.5 Å². The fourth-order valence-electron chi connectivity index (χ4n) is 3.39. The summed E-state index contributed by atoms with van der Waals surface area (Å²) in [5.74, 6) is 0.876. The molecule has 32 heavy (non-hydrogen) atoms. The SMILES string of the molecule is O=C(N/N=C/c1cccc(Oc2ccccc2)c1)c1cccc(S(=O)(=O)N2CCCC2)c1. The minimum absolute atomic E-state index is 0.113. The van der Waals surface area contributed by atoms with Crippen LogP contribution in [0, 0.1) is 0 Å². The molecule has 1 aliphatic heterocycles. The summed E-state index contributed by atoms with van der Waals surface area (Å²) in [4.78, 5) is 12.6. The zero-order valence-electron chi connectivity index (χ0n) is 17.3. The second kappa shape index (κ2) is 9.76. The Hall–Kier alpha value is -3.49. The number of para-hydroxylation sites is 1. The van der Waals surface area contributed by atoms with E-state index in [9.17, 15) is 13.2 Å². The third-order valence-corrected chi connectivity index (χ3v) is 6.91. The van der Waals surface area contributed by atoms with E-state index >= 15 is 0 Å². The molecule has 164 valence electrons. The Morgan fingerprint density at radius 1 is 0.906 bits per heavy atom. The Labute approximate surface area is 187 Å². The first kappa shape index (κ1) is 21.7. The molecule has 0 unspecified atom stereocenters. The average Bonchev–Trinajstić information content (AvgIpc) is 3.36. The summed E-state index contributed by atoms with van der Waals surface area (Å²) < 4.78 is 32.7. The molecular weight excluding hydrogens is 426 g/mol. The molecule has 0 radical (unpaired) electrons. The summed E-state index contributed by atoms with van der Waals surface area (Å²) in [7, 11) is -3.59. The van der Waals surface area contributed by atoms with Gasteiger partial charge in [0, 0.05) is 18.7 Å². The first-order valence-electron chi connectivity index (χ1n) is 10.3. The number of nitrogens with one attached hydrogen (secondary N) is 1. The molecular formula is C24H23N3O4S. The molecule has 1 heterocycles. The topological polar surface area (TPSA) is 88.1 Å². The number of carbonyl (C=O) groups is 1. The van der Waals surface area contributed by atoms with Crippen molar-refractivity contribution >= 4 is 22.1 Å². The van der Waals surface area contributed by atoms with Crippen molar-refractivity contribution in [1.29, 1.82) is 0 Å². The van der Waals surface area contributed by atoms with Gasteiger partial charge in [-0.2, -0.15) is 9.41 Å². The van der Waals surface area contributed by atoms with E-state index in [1.165, 1.54) is 22.7 Å². The van der Waals surface area contributed by atoms with Gasteiger partial charge in [-0.15, -0.1) is 0 Å². The zero-order valence-corrected chi connectivity index (χ0v) is 18.2. The van der Waals surface area contributed by atoms with Crippen molar-refractivity contribution in [3.8, 4) is 11.5 Å². The summed E-state index contributed by atoms with van der Waals surface area (Å²) in [5.41, 5.74) is 3.41. The fraction of sp³-hybridized carbons (Fsp3) is 0.167. The number of hydrogen-bond acceptors (Lipinski definition) is 5. The molecule has 4 rings (SSSR count). The van der Waals surface area contributed by atoms with Gasteiger partial charge in [0.25, 0.3) is 5.91 Å². The maximum Gasteiger partial charge on any atom is 0.271 e. The molecule has 0 bridgehead atoms. The van der Waals surface area contributed by atoms with E-state index in [4.69, 9.17) is 4.74 Å². The van der Waals surface area contributed by atoms with E-state index in [2.05, 4.69) is 10.5 Å². The van der Waals surface area contributed by atoms with Crippen molar-refractivity contribution in [2.75, 3.05) is 13.1 Å². The lowest BCUT2D eigenvalue weighted by Crippen LogP contribution is -2.28. The number of rotatable bonds is 7. The Kier molecular flexibility index (Phi) is 6.63. The Balaban J connectivity index is 1.41. The summed E-state index contributed by atoms with van der Waals surface area (Å²) in [5, 5.41) is 4.00. The number of nitrogens with zero attached hydrogens (tertiary/aromatic N) is 2. The number of amides is 1. The number of hydrazone groups is 1. The number of benzene rings is 3. The molecule has 0 atom stereocenters. The van der Waals surface area contributed by atoms with Crippen LogP contribution in [0.4, 0.5) is 0 Å². The lowest BCUT2D eigenvalue weighted by molar-refractivity contribution is 0.0955. The predicted octanol–water partition coefficient (Wildman–Crippen LogP) is 4.03. The Morgan fingerprint density at radius 2 is 1.62 bits per heavy atom. The van der Waals surface area contributed by atoms with Gasteiger partial charge < -0.3 is 4.74 Å². The normalized spacial score (nSPS) is 14.5. The number of sulfonamides is 1. The quantitative estimate of drug-likeness (QED) is 0.436. The predicted molar refractivity (Wildman–Crippen MR) is 122 cm³/mol. The van der Waals surface area contributed by atoms with E-state index in [0.29, 0.717) is 18.8 Å². The summed E-state index contributed by atoms with van der Waals surface area (Å²) >= 11 is 0. The molecule has 0 aliphatic carbocycles. The van der Waals surface area contributed by atoms with Gasteiger partial charge in [0.15, 0.2) is 0 Å².